The summed E-state index contributed by atoms with van der Waals surface area (Å²) in [7, 11) is 1.38. The van der Waals surface area contributed by atoms with E-state index in [4.69, 9.17) is 4.74 Å². The maximum absolute atomic E-state index is 11.3. The molecule has 0 aromatic carbocycles. The van der Waals surface area contributed by atoms with Crippen LogP contribution in [0.15, 0.2) is 12.1 Å². The fraction of sp³-hybridized carbons (Fsp3) is 0.643. The number of hydrogen-bond acceptors (Lipinski definition) is 4. The fourth-order valence-electron chi connectivity index (χ4n) is 2.43. The molecule has 0 aliphatic carbocycles. The molecule has 1 aliphatic heterocycles. The minimum Gasteiger partial charge on any atom is -0.464 e. The van der Waals surface area contributed by atoms with Gasteiger partial charge in [-0.2, -0.15) is 0 Å². The Balaban J connectivity index is 1.81. The van der Waals surface area contributed by atoms with Gasteiger partial charge in [-0.05, 0) is 37.8 Å². The van der Waals surface area contributed by atoms with Crippen molar-refractivity contribution >= 4 is 5.97 Å². The Morgan fingerprint density at radius 1 is 1.53 bits per heavy atom. The van der Waals surface area contributed by atoms with Crippen molar-refractivity contribution in [2.75, 3.05) is 20.3 Å². The number of aromatic nitrogens is 1. The third kappa shape index (κ3) is 3.81. The zero-order chi connectivity index (χ0) is 13.7. The van der Waals surface area contributed by atoms with Crippen molar-refractivity contribution in [2.45, 2.75) is 32.4 Å². The molecule has 1 aliphatic rings. The van der Waals surface area contributed by atoms with E-state index in [1.54, 1.807) is 6.07 Å². The quantitative estimate of drug-likeness (QED) is 0.796. The smallest absolute Gasteiger partial charge is 0.354 e. The van der Waals surface area contributed by atoms with E-state index in [2.05, 4.69) is 22.0 Å². The summed E-state index contributed by atoms with van der Waals surface area (Å²) in [6.45, 7) is 4.67. The topological polar surface area (TPSA) is 63.4 Å². The van der Waals surface area contributed by atoms with Gasteiger partial charge in [0.2, 0.25) is 0 Å². The number of hydrogen-bond donors (Lipinski definition) is 2. The molecule has 1 aromatic heterocycles. The summed E-state index contributed by atoms with van der Waals surface area (Å²) in [5, 5.41) is 3.50. The van der Waals surface area contributed by atoms with Gasteiger partial charge in [-0.1, -0.05) is 0 Å². The first-order chi connectivity index (χ1) is 9.20. The second-order valence-electron chi connectivity index (χ2n) is 5.01. The molecule has 19 heavy (non-hydrogen) atoms. The van der Waals surface area contributed by atoms with E-state index in [-0.39, 0.29) is 5.97 Å². The Morgan fingerprint density at radius 2 is 2.26 bits per heavy atom. The second-order valence-corrected chi connectivity index (χ2v) is 5.01. The number of H-pyrrole nitrogens is 1. The van der Waals surface area contributed by atoms with Gasteiger partial charge < -0.3 is 19.8 Å². The predicted octanol–water partition coefficient (Wildman–Crippen LogP) is 1.71. The maximum atomic E-state index is 11.3. The van der Waals surface area contributed by atoms with Gasteiger partial charge in [0, 0.05) is 31.5 Å². The molecule has 1 saturated heterocycles. The van der Waals surface area contributed by atoms with Gasteiger partial charge >= 0.3 is 5.97 Å². The van der Waals surface area contributed by atoms with Crippen molar-refractivity contribution in [3.8, 4) is 0 Å². The minimum absolute atomic E-state index is 0.330. The van der Waals surface area contributed by atoms with Gasteiger partial charge in [0.05, 0.1) is 7.11 Å². The summed E-state index contributed by atoms with van der Waals surface area (Å²) in [6.07, 6.45) is 2.23. The van der Waals surface area contributed by atoms with Crippen molar-refractivity contribution in [3.63, 3.8) is 0 Å². The van der Waals surface area contributed by atoms with Crippen LogP contribution in [0.1, 0.15) is 35.9 Å². The predicted molar refractivity (Wildman–Crippen MR) is 72.0 cm³/mol. The number of esters is 1. The van der Waals surface area contributed by atoms with Crippen molar-refractivity contribution in [3.05, 3.63) is 23.5 Å². The van der Waals surface area contributed by atoms with Crippen LogP contribution in [0.5, 0.6) is 0 Å². The molecule has 2 rings (SSSR count). The SMILES string of the molecule is COC(=O)c1ccc(CNC(C)C2CCOCC2)[nH]1. The number of nitrogens with one attached hydrogen (secondary N) is 2. The van der Waals surface area contributed by atoms with E-state index in [1.165, 1.54) is 7.11 Å². The standard InChI is InChI=1S/C14H22N2O3/c1-10(11-5-7-19-8-6-11)15-9-12-3-4-13(16-12)14(17)18-2/h3-4,10-11,15-16H,5-9H2,1-2H3. The molecule has 2 N–H and O–H groups in total. The lowest BCUT2D eigenvalue weighted by molar-refractivity contribution is 0.0556. The van der Waals surface area contributed by atoms with Crippen molar-refractivity contribution in [1.29, 1.82) is 0 Å². The third-order valence-corrected chi connectivity index (χ3v) is 3.74. The van der Waals surface area contributed by atoms with Gasteiger partial charge in [0.1, 0.15) is 5.69 Å². The highest BCUT2D eigenvalue weighted by molar-refractivity contribution is 5.87. The molecule has 106 valence electrons. The lowest BCUT2D eigenvalue weighted by Crippen LogP contribution is -2.36. The molecule has 1 unspecified atom stereocenters. The number of carbonyl (C=O) groups is 1. The third-order valence-electron chi connectivity index (χ3n) is 3.74. The molecule has 0 bridgehead atoms. The van der Waals surface area contributed by atoms with Gasteiger partial charge in [0.25, 0.3) is 0 Å². The molecular formula is C14H22N2O3. The van der Waals surface area contributed by atoms with Crippen LogP contribution in [0.3, 0.4) is 0 Å². The average Bonchev–Trinajstić information content (AvgIpc) is 2.93. The molecule has 1 atom stereocenters. The first-order valence-corrected chi connectivity index (χ1v) is 6.78. The van der Waals surface area contributed by atoms with E-state index in [0.29, 0.717) is 17.7 Å². The molecule has 0 amide bonds. The van der Waals surface area contributed by atoms with Crippen molar-refractivity contribution in [1.82, 2.24) is 10.3 Å². The van der Waals surface area contributed by atoms with Crippen molar-refractivity contribution < 1.29 is 14.3 Å². The molecule has 0 spiro atoms. The second kappa shape index (κ2) is 6.73. The Hall–Kier alpha value is -1.33. The summed E-state index contributed by atoms with van der Waals surface area (Å²) in [4.78, 5) is 14.4. The van der Waals surface area contributed by atoms with Crippen LogP contribution in [0.2, 0.25) is 0 Å². The van der Waals surface area contributed by atoms with Crippen LogP contribution in [0.4, 0.5) is 0 Å². The Morgan fingerprint density at radius 3 is 2.95 bits per heavy atom. The van der Waals surface area contributed by atoms with Crippen LogP contribution >= 0.6 is 0 Å². The molecule has 5 nitrogen and oxygen atoms in total. The van der Waals surface area contributed by atoms with Crippen LogP contribution in [-0.4, -0.2) is 37.3 Å². The first-order valence-electron chi connectivity index (χ1n) is 6.78. The van der Waals surface area contributed by atoms with E-state index < -0.39 is 0 Å². The number of methoxy groups -OCH3 is 1. The number of rotatable bonds is 5. The van der Waals surface area contributed by atoms with Gasteiger partial charge in [-0.15, -0.1) is 0 Å². The Kier molecular flexibility index (Phi) is 4.99. The number of ether oxygens (including phenoxy) is 2. The van der Waals surface area contributed by atoms with E-state index in [9.17, 15) is 4.79 Å². The van der Waals surface area contributed by atoms with E-state index >= 15 is 0 Å². The van der Waals surface area contributed by atoms with Gasteiger partial charge in [-0.25, -0.2) is 4.79 Å². The van der Waals surface area contributed by atoms with Crippen LogP contribution < -0.4 is 5.32 Å². The van der Waals surface area contributed by atoms with Gasteiger partial charge in [0.15, 0.2) is 0 Å². The molecule has 2 heterocycles. The minimum atomic E-state index is -0.330. The summed E-state index contributed by atoms with van der Waals surface area (Å²) < 4.78 is 10.0. The van der Waals surface area contributed by atoms with Crippen LogP contribution in [0, 0.1) is 5.92 Å². The average molecular weight is 266 g/mol. The van der Waals surface area contributed by atoms with E-state index in [1.807, 2.05) is 6.07 Å². The monoisotopic (exact) mass is 266 g/mol. The highest BCUT2D eigenvalue weighted by Gasteiger charge is 2.20. The molecule has 1 fully saturated rings. The number of aromatic amines is 1. The fourth-order valence-corrected chi connectivity index (χ4v) is 2.43. The summed E-state index contributed by atoms with van der Waals surface area (Å²) in [5.41, 5.74) is 1.50. The van der Waals surface area contributed by atoms with Crippen LogP contribution in [0.25, 0.3) is 0 Å². The maximum Gasteiger partial charge on any atom is 0.354 e. The van der Waals surface area contributed by atoms with Crippen molar-refractivity contribution in [2.24, 2.45) is 5.92 Å². The zero-order valence-electron chi connectivity index (χ0n) is 11.6. The highest BCUT2D eigenvalue weighted by Crippen LogP contribution is 2.18. The molecule has 1 aromatic rings. The normalized spacial score (nSPS) is 18.2. The van der Waals surface area contributed by atoms with Gasteiger partial charge in [-0.3, -0.25) is 0 Å². The Labute approximate surface area is 113 Å². The lowest BCUT2D eigenvalue weighted by atomic mass is 9.93. The highest BCUT2D eigenvalue weighted by atomic mass is 16.5. The summed E-state index contributed by atoms with van der Waals surface area (Å²) in [5.74, 6) is 0.340. The largest absolute Gasteiger partial charge is 0.464 e. The summed E-state index contributed by atoms with van der Waals surface area (Å²) >= 11 is 0. The Bertz CT molecular complexity index is 411. The molecule has 5 heteroatoms. The molecule has 0 saturated carbocycles. The first kappa shape index (κ1) is 14.1. The molecule has 0 radical (unpaired) electrons. The molecular weight excluding hydrogens is 244 g/mol. The summed E-state index contributed by atoms with van der Waals surface area (Å²) in [6, 6.07) is 4.12. The number of carbonyl (C=O) groups excluding carboxylic acids is 1. The zero-order valence-corrected chi connectivity index (χ0v) is 11.6. The van der Waals surface area contributed by atoms with Crippen LogP contribution in [-0.2, 0) is 16.0 Å². The van der Waals surface area contributed by atoms with E-state index in [0.717, 1.165) is 38.3 Å². The lowest BCUT2D eigenvalue weighted by Gasteiger charge is -2.28.